The number of nitrogens with one attached hydrogen (secondary N) is 2. The van der Waals surface area contributed by atoms with Crippen molar-refractivity contribution in [3.8, 4) is 5.75 Å². The fraction of sp³-hybridized carbons (Fsp3) is 0.296. The van der Waals surface area contributed by atoms with E-state index < -0.39 is 11.7 Å². The average Bonchev–Trinajstić information content (AvgIpc) is 3.20. The number of fused-ring (bicyclic) bond motifs is 3. The van der Waals surface area contributed by atoms with Crippen LogP contribution in [0, 0.1) is 11.8 Å². The molecule has 2 fully saturated rings. The summed E-state index contributed by atoms with van der Waals surface area (Å²) >= 11 is 0. The standard InChI is InChI=1S/C27H23F3N4O2/c1-3-15(36-21-8-9-31-25-16(21)5-7-22(35)34-25)12-17-13(2)10-18-23(17)24(18)26-32-19-6-4-14(27(28,29)30)11-20(19)33-26/h3-4,6,8-9,11-12,18,23-24H,2,5,7,10H2,1H3,(H,32,33)(H,31,34,35)/b15-3+,17-12+. The third-order valence-electron chi connectivity index (χ3n) is 7.24. The Bertz CT molecular complexity index is 1480. The van der Waals surface area contributed by atoms with Crippen LogP contribution in [0.4, 0.5) is 19.0 Å². The zero-order chi connectivity index (χ0) is 25.2. The molecule has 0 bridgehead atoms. The van der Waals surface area contributed by atoms with Gasteiger partial charge in [0, 0.05) is 24.1 Å². The van der Waals surface area contributed by atoms with Gasteiger partial charge in [-0.1, -0.05) is 12.2 Å². The number of H-pyrrole nitrogens is 1. The number of hydrogen-bond donors (Lipinski definition) is 2. The smallest absolute Gasteiger partial charge is 0.416 e. The average molecular weight is 493 g/mol. The molecule has 2 N–H and O–H groups in total. The lowest BCUT2D eigenvalue weighted by Crippen LogP contribution is -2.20. The third kappa shape index (κ3) is 3.79. The number of hydrogen-bond acceptors (Lipinski definition) is 4. The first kappa shape index (κ1) is 22.6. The largest absolute Gasteiger partial charge is 0.457 e. The molecule has 2 aromatic heterocycles. The maximum absolute atomic E-state index is 13.1. The molecule has 2 aliphatic carbocycles. The van der Waals surface area contributed by atoms with Crippen LogP contribution in [0.5, 0.6) is 5.75 Å². The number of ether oxygens (including phenoxy) is 1. The first-order valence-corrected chi connectivity index (χ1v) is 11.8. The van der Waals surface area contributed by atoms with Crippen LogP contribution in [0.25, 0.3) is 11.0 Å². The van der Waals surface area contributed by atoms with Crippen LogP contribution in [0.15, 0.2) is 66.1 Å². The van der Waals surface area contributed by atoms with Gasteiger partial charge in [-0.15, -0.1) is 0 Å². The molecular formula is C27H23F3N4O2. The molecule has 0 radical (unpaired) electrons. The number of aromatic amines is 1. The van der Waals surface area contributed by atoms with E-state index in [2.05, 4.69) is 26.8 Å². The molecule has 1 amide bonds. The minimum Gasteiger partial charge on any atom is -0.457 e. The Kier molecular flexibility index (Phi) is 5.07. The second kappa shape index (κ2) is 8.08. The second-order valence-electron chi connectivity index (χ2n) is 9.45. The summed E-state index contributed by atoms with van der Waals surface area (Å²) in [7, 11) is 0. The van der Waals surface area contributed by atoms with Crippen molar-refractivity contribution in [1.29, 1.82) is 0 Å². The number of carbonyl (C=O) groups is 1. The Labute approximate surface area is 205 Å². The fourth-order valence-corrected chi connectivity index (χ4v) is 5.43. The number of amides is 1. The van der Waals surface area contributed by atoms with Gasteiger partial charge in [0.1, 0.15) is 23.2 Å². The topological polar surface area (TPSA) is 79.9 Å². The van der Waals surface area contributed by atoms with Gasteiger partial charge in [0.05, 0.1) is 16.6 Å². The number of benzene rings is 1. The Morgan fingerprint density at radius 1 is 1.22 bits per heavy atom. The van der Waals surface area contributed by atoms with Crippen molar-refractivity contribution >= 4 is 22.8 Å². The van der Waals surface area contributed by atoms with Gasteiger partial charge < -0.3 is 15.0 Å². The van der Waals surface area contributed by atoms with Gasteiger partial charge in [-0.2, -0.15) is 13.2 Å². The highest BCUT2D eigenvalue weighted by Crippen LogP contribution is 2.66. The van der Waals surface area contributed by atoms with Crippen molar-refractivity contribution in [2.75, 3.05) is 5.32 Å². The van der Waals surface area contributed by atoms with E-state index in [0.717, 1.165) is 35.3 Å². The third-order valence-corrected chi connectivity index (χ3v) is 7.24. The number of nitrogens with zero attached hydrogens (tertiary/aromatic N) is 2. The Morgan fingerprint density at radius 3 is 2.83 bits per heavy atom. The van der Waals surface area contributed by atoms with E-state index in [4.69, 9.17) is 4.74 Å². The molecule has 0 spiro atoms. The number of pyridine rings is 1. The predicted octanol–water partition coefficient (Wildman–Crippen LogP) is 6.06. The zero-order valence-corrected chi connectivity index (χ0v) is 19.4. The van der Waals surface area contributed by atoms with Gasteiger partial charge >= 0.3 is 6.18 Å². The highest BCUT2D eigenvalue weighted by Gasteiger charge is 2.59. The van der Waals surface area contributed by atoms with Crippen molar-refractivity contribution in [1.82, 2.24) is 15.0 Å². The number of carbonyl (C=O) groups excluding carboxylic acids is 1. The van der Waals surface area contributed by atoms with Gasteiger partial charge in [0.25, 0.3) is 0 Å². The van der Waals surface area contributed by atoms with Crippen LogP contribution in [-0.4, -0.2) is 20.9 Å². The number of halogens is 3. The zero-order valence-electron chi connectivity index (χ0n) is 19.4. The van der Waals surface area contributed by atoms with E-state index in [9.17, 15) is 18.0 Å². The van der Waals surface area contributed by atoms with E-state index in [1.165, 1.54) is 6.07 Å². The van der Waals surface area contributed by atoms with E-state index in [1.54, 1.807) is 12.3 Å². The number of imidazole rings is 1. The summed E-state index contributed by atoms with van der Waals surface area (Å²) in [6, 6.07) is 5.37. The summed E-state index contributed by atoms with van der Waals surface area (Å²) in [5.41, 5.74) is 3.20. The molecular weight excluding hydrogens is 469 g/mol. The number of allylic oxidation sites excluding steroid dienone is 4. The maximum Gasteiger partial charge on any atom is 0.416 e. The van der Waals surface area contributed by atoms with Crippen molar-refractivity contribution < 1.29 is 22.7 Å². The molecule has 3 atom stereocenters. The Hall–Kier alpha value is -3.88. The molecule has 1 aromatic carbocycles. The van der Waals surface area contributed by atoms with Crippen molar-refractivity contribution in [3.05, 3.63) is 83.0 Å². The lowest BCUT2D eigenvalue weighted by molar-refractivity contribution is -0.137. The molecule has 0 saturated heterocycles. The van der Waals surface area contributed by atoms with Gasteiger partial charge in [0.2, 0.25) is 5.91 Å². The molecule has 9 heteroatoms. The summed E-state index contributed by atoms with van der Waals surface area (Å²) in [5, 5.41) is 2.78. The Morgan fingerprint density at radius 2 is 2.06 bits per heavy atom. The van der Waals surface area contributed by atoms with E-state index in [1.807, 2.05) is 19.1 Å². The minimum atomic E-state index is -4.40. The van der Waals surface area contributed by atoms with Gasteiger partial charge in [0.15, 0.2) is 0 Å². The molecule has 3 aliphatic rings. The molecule has 6 nitrogen and oxygen atoms in total. The molecule has 1 aliphatic heterocycles. The van der Waals surface area contributed by atoms with Crippen LogP contribution in [0.3, 0.4) is 0 Å². The van der Waals surface area contributed by atoms with Crippen molar-refractivity contribution in [2.45, 2.75) is 38.3 Å². The van der Waals surface area contributed by atoms with Crippen LogP contribution in [-0.2, 0) is 17.4 Å². The molecule has 3 unspecified atom stereocenters. The highest BCUT2D eigenvalue weighted by molar-refractivity contribution is 5.93. The van der Waals surface area contributed by atoms with Crippen molar-refractivity contribution in [3.63, 3.8) is 0 Å². The lowest BCUT2D eigenvalue weighted by atomic mass is 10.0. The lowest BCUT2D eigenvalue weighted by Gasteiger charge is -2.19. The number of anilines is 1. The van der Waals surface area contributed by atoms with Gasteiger partial charge in [-0.05, 0) is 73.6 Å². The second-order valence-corrected chi connectivity index (χ2v) is 9.45. The predicted molar refractivity (Wildman–Crippen MR) is 128 cm³/mol. The molecule has 184 valence electrons. The summed E-state index contributed by atoms with van der Waals surface area (Å²) in [6.45, 7) is 6.12. The first-order chi connectivity index (χ1) is 17.2. The van der Waals surface area contributed by atoms with E-state index >= 15 is 0 Å². The van der Waals surface area contributed by atoms with Gasteiger partial charge in [-0.25, -0.2) is 9.97 Å². The van der Waals surface area contributed by atoms with E-state index in [-0.39, 0.29) is 17.7 Å². The number of aromatic nitrogens is 3. The SMILES string of the molecule is C=C1CC2C(/C1=C/C(=C\C)Oc1ccnc3c1CCC(=O)N3)C2c1nc2ccc(C(F)(F)F)cc2[nH]1. The summed E-state index contributed by atoms with van der Waals surface area (Å²) in [6.07, 6.45) is 2.81. The maximum atomic E-state index is 13.1. The first-order valence-electron chi connectivity index (χ1n) is 11.8. The highest BCUT2D eigenvalue weighted by atomic mass is 19.4. The normalized spacial score (nSPS) is 24.6. The number of alkyl halides is 3. The fourth-order valence-electron chi connectivity index (χ4n) is 5.43. The monoisotopic (exact) mass is 492 g/mol. The number of rotatable bonds is 4. The molecule has 3 heterocycles. The molecule has 6 rings (SSSR count). The molecule has 3 aromatic rings. The quantitative estimate of drug-likeness (QED) is 0.434. The summed E-state index contributed by atoms with van der Waals surface area (Å²) < 4.78 is 45.6. The van der Waals surface area contributed by atoms with Crippen molar-refractivity contribution in [2.24, 2.45) is 11.8 Å². The Balaban J connectivity index is 1.25. The van der Waals surface area contributed by atoms with E-state index in [0.29, 0.717) is 52.9 Å². The van der Waals surface area contributed by atoms with Crippen LogP contribution in [0.2, 0.25) is 0 Å². The van der Waals surface area contributed by atoms with Crippen LogP contribution >= 0.6 is 0 Å². The summed E-state index contributed by atoms with van der Waals surface area (Å²) in [4.78, 5) is 23.7. The van der Waals surface area contributed by atoms with Crippen LogP contribution < -0.4 is 10.1 Å². The molecule has 36 heavy (non-hydrogen) atoms. The molecule has 2 saturated carbocycles. The van der Waals surface area contributed by atoms with Crippen LogP contribution in [0.1, 0.15) is 42.6 Å². The van der Waals surface area contributed by atoms with Gasteiger partial charge in [-0.3, -0.25) is 4.79 Å². The minimum absolute atomic E-state index is 0.0613. The summed E-state index contributed by atoms with van der Waals surface area (Å²) in [5.74, 6) is 3.08.